The number of rotatable bonds is 6. The van der Waals surface area contributed by atoms with Gasteiger partial charge in [0.2, 0.25) is 0 Å². The molecule has 0 aliphatic heterocycles. The van der Waals surface area contributed by atoms with E-state index in [0.29, 0.717) is 6.54 Å². The van der Waals surface area contributed by atoms with E-state index in [1.807, 2.05) is 4.68 Å². The first-order valence-electron chi connectivity index (χ1n) is 6.30. The molecule has 0 aliphatic rings. The van der Waals surface area contributed by atoms with Crippen molar-refractivity contribution in [3.63, 3.8) is 0 Å². The van der Waals surface area contributed by atoms with Crippen molar-refractivity contribution in [1.82, 2.24) is 20.2 Å². The molecule has 0 unspecified atom stereocenters. The maximum absolute atomic E-state index is 5.49. The van der Waals surface area contributed by atoms with Gasteiger partial charge < -0.3 is 5.73 Å². The molecule has 1 heterocycles. The number of benzene rings is 1. The minimum atomic E-state index is 0.664. The van der Waals surface area contributed by atoms with E-state index in [2.05, 4.69) is 46.7 Å². The molecule has 0 radical (unpaired) electrons. The minimum absolute atomic E-state index is 0.664. The summed E-state index contributed by atoms with van der Waals surface area (Å²) < 4.78 is 1.85. The Bertz CT molecular complexity index is 474. The summed E-state index contributed by atoms with van der Waals surface area (Å²) in [5.74, 6) is 0.934. The molecule has 5 nitrogen and oxygen atoms in total. The first-order chi connectivity index (χ1) is 8.79. The van der Waals surface area contributed by atoms with Crippen LogP contribution in [0.4, 0.5) is 0 Å². The molecule has 2 N–H and O–H groups in total. The number of nitrogens with zero attached hydrogens (tertiary/aromatic N) is 4. The van der Waals surface area contributed by atoms with Crippen LogP contribution in [0, 0.1) is 6.92 Å². The highest BCUT2D eigenvalue weighted by Gasteiger charge is 2.05. The monoisotopic (exact) mass is 245 g/mol. The van der Waals surface area contributed by atoms with Gasteiger partial charge >= 0.3 is 0 Å². The molecular formula is C13H19N5. The second kappa shape index (κ2) is 6.26. The molecule has 0 bridgehead atoms. The maximum atomic E-state index is 5.49. The molecule has 1 aromatic carbocycles. The quantitative estimate of drug-likeness (QED) is 0.828. The Kier molecular flexibility index (Phi) is 4.41. The van der Waals surface area contributed by atoms with Gasteiger partial charge in [0.15, 0.2) is 5.82 Å². The van der Waals surface area contributed by atoms with Gasteiger partial charge in [0, 0.05) is 13.0 Å². The van der Waals surface area contributed by atoms with Crippen molar-refractivity contribution >= 4 is 0 Å². The van der Waals surface area contributed by atoms with Crippen molar-refractivity contribution in [2.45, 2.75) is 32.7 Å². The van der Waals surface area contributed by atoms with Crippen LogP contribution in [0.1, 0.15) is 23.4 Å². The van der Waals surface area contributed by atoms with Gasteiger partial charge in [0.25, 0.3) is 0 Å². The van der Waals surface area contributed by atoms with Gasteiger partial charge in [-0.25, -0.2) is 4.68 Å². The van der Waals surface area contributed by atoms with Gasteiger partial charge in [0.1, 0.15) is 0 Å². The maximum Gasteiger partial charge on any atom is 0.151 e. The summed E-state index contributed by atoms with van der Waals surface area (Å²) >= 11 is 0. The van der Waals surface area contributed by atoms with Crippen molar-refractivity contribution in [2.24, 2.45) is 5.73 Å². The number of hydrogen-bond donors (Lipinski definition) is 1. The fourth-order valence-electron chi connectivity index (χ4n) is 1.83. The van der Waals surface area contributed by atoms with Crippen LogP contribution in [0.2, 0.25) is 0 Å². The molecule has 2 rings (SSSR count). The summed E-state index contributed by atoms with van der Waals surface area (Å²) in [4.78, 5) is 0. The molecular weight excluding hydrogens is 226 g/mol. The Labute approximate surface area is 107 Å². The van der Waals surface area contributed by atoms with E-state index in [1.54, 1.807) is 0 Å². The summed E-state index contributed by atoms with van der Waals surface area (Å²) in [6.07, 6.45) is 2.73. The van der Waals surface area contributed by atoms with Gasteiger partial charge in [-0.2, -0.15) is 0 Å². The van der Waals surface area contributed by atoms with Gasteiger partial charge in [-0.15, -0.1) is 5.10 Å². The predicted octanol–water partition coefficient (Wildman–Crippen LogP) is 1.12. The lowest BCUT2D eigenvalue weighted by Crippen LogP contribution is -2.11. The topological polar surface area (TPSA) is 69.6 Å². The van der Waals surface area contributed by atoms with Crippen LogP contribution in [0.3, 0.4) is 0 Å². The Morgan fingerprint density at radius 1 is 1.17 bits per heavy atom. The normalized spacial score (nSPS) is 10.8. The average Bonchev–Trinajstić information content (AvgIpc) is 2.83. The molecule has 18 heavy (non-hydrogen) atoms. The third kappa shape index (κ3) is 3.37. The fraction of sp³-hybridized carbons (Fsp3) is 0.462. The number of tetrazole rings is 1. The third-order valence-corrected chi connectivity index (χ3v) is 2.94. The Balaban J connectivity index is 1.93. The van der Waals surface area contributed by atoms with E-state index < -0.39 is 0 Å². The summed E-state index contributed by atoms with van der Waals surface area (Å²) in [5, 5.41) is 11.8. The van der Waals surface area contributed by atoms with Gasteiger partial charge in [-0.3, -0.25) is 0 Å². The van der Waals surface area contributed by atoms with Gasteiger partial charge in [-0.1, -0.05) is 29.8 Å². The van der Waals surface area contributed by atoms with Crippen molar-refractivity contribution in [3.8, 4) is 0 Å². The standard InChI is InChI=1S/C13H19N5/c1-11-3-5-12(6-4-11)7-8-13-15-16-17-18(13)10-2-9-14/h3-6H,2,7-10,14H2,1H3. The van der Waals surface area contributed by atoms with Crippen LogP contribution in [0.25, 0.3) is 0 Å². The summed E-state index contributed by atoms with van der Waals surface area (Å²) in [5.41, 5.74) is 8.09. The molecule has 5 heteroatoms. The predicted molar refractivity (Wildman–Crippen MR) is 70.1 cm³/mol. The summed E-state index contributed by atoms with van der Waals surface area (Å²) in [6.45, 7) is 3.56. The first-order valence-corrected chi connectivity index (χ1v) is 6.30. The lowest BCUT2D eigenvalue weighted by molar-refractivity contribution is 0.541. The van der Waals surface area contributed by atoms with Crippen molar-refractivity contribution in [3.05, 3.63) is 41.2 Å². The van der Waals surface area contributed by atoms with E-state index in [4.69, 9.17) is 5.73 Å². The zero-order valence-electron chi connectivity index (χ0n) is 10.7. The van der Waals surface area contributed by atoms with Gasteiger partial charge in [-0.05, 0) is 42.3 Å². The molecule has 2 aromatic rings. The lowest BCUT2D eigenvalue weighted by atomic mass is 10.1. The van der Waals surface area contributed by atoms with Crippen LogP contribution < -0.4 is 5.73 Å². The second-order valence-electron chi connectivity index (χ2n) is 4.45. The van der Waals surface area contributed by atoms with Gasteiger partial charge in [0.05, 0.1) is 0 Å². The van der Waals surface area contributed by atoms with Crippen LogP contribution in [-0.2, 0) is 19.4 Å². The average molecular weight is 245 g/mol. The van der Waals surface area contributed by atoms with E-state index in [0.717, 1.165) is 31.6 Å². The zero-order chi connectivity index (χ0) is 12.8. The fourth-order valence-corrected chi connectivity index (χ4v) is 1.83. The molecule has 0 spiro atoms. The second-order valence-corrected chi connectivity index (χ2v) is 4.45. The van der Waals surface area contributed by atoms with Crippen LogP contribution in [0.5, 0.6) is 0 Å². The molecule has 0 saturated carbocycles. The minimum Gasteiger partial charge on any atom is -0.330 e. The van der Waals surface area contributed by atoms with E-state index in [-0.39, 0.29) is 0 Å². The SMILES string of the molecule is Cc1ccc(CCc2nnnn2CCCN)cc1. The highest BCUT2D eigenvalue weighted by molar-refractivity contribution is 5.21. The van der Waals surface area contributed by atoms with Crippen LogP contribution >= 0.6 is 0 Å². The molecule has 0 aliphatic carbocycles. The zero-order valence-corrected chi connectivity index (χ0v) is 10.7. The largest absolute Gasteiger partial charge is 0.330 e. The van der Waals surface area contributed by atoms with Crippen LogP contribution in [-0.4, -0.2) is 26.8 Å². The highest BCUT2D eigenvalue weighted by Crippen LogP contribution is 2.07. The van der Waals surface area contributed by atoms with E-state index in [9.17, 15) is 0 Å². The molecule has 0 amide bonds. The Hall–Kier alpha value is -1.75. The van der Waals surface area contributed by atoms with E-state index in [1.165, 1.54) is 11.1 Å². The first kappa shape index (κ1) is 12.7. The number of aromatic nitrogens is 4. The van der Waals surface area contributed by atoms with Crippen molar-refractivity contribution in [1.29, 1.82) is 0 Å². The van der Waals surface area contributed by atoms with E-state index >= 15 is 0 Å². The highest BCUT2D eigenvalue weighted by atomic mass is 15.5. The van der Waals surface area contributed by atoms with Crippen LogP contribution in [0.15, 0.2) is 24.3 Å². The lowest BCUT2D eigenvalue weighted by Gasteiger charge is -2.04. The van der Waals surface area contributed by atoms with Crippen molar-refractivity contribution in [2.75, 3.05) is 6.54 Å². The Morgan fingerprint density at radius 3 is 2.67 bits per heavy atom. The van der Waals surface area contributed by atoms with Crippen molar-refractivity contribution < 1.29 is 0 Å². The number of nitrogens with two attached hydrogens (primary N) is 1. The molecule has 1 aromatic heterocycles. The smallest absolute Gasteiger partial charge is 0.151 e. The molecule has 0 fully saturated rings. The summed E-state index contributed by atoms with van der Waals surface area (Å²) in [7, 11) is 0. The Morgan fingerprint density at radius 2 is 1.94 bits per heavy atom. The molecule has 0 atom stereocenters. The number of hydrogen-bond acceptors (Lipinski definition) is 4. The number of aryl methyl sites for hydroxylation is 4. The molecule has 96 valence electrons. The third-order valence-electron chi connectivity index (χ3n) is 2.94. The summed E-state index contributed by atoms with van der Waals surface area (Å²) in [6, 6.07) is 8.58. The molecule has 0 saturated heterocycles.